The third-order valence-corrected chi connectivity index (χ3v) is 7.09. The highest BCUT2D eigenvalue weighted by atomic mass is 16.6. The van der Waals surface area contributed by atoms with Crippen LogP contribution in [0.4, 0.5) is 5.69 Å². The minimum Gasteiger partial charge on any atom is -0.507 e. The van der Waals surface area contributed by atoms with Crippen molar-refractivity contribution >= 4 is 22.9 Å². The summed E-state index contributed by atoms with van der Waals surface area (Å²) in [6, 6.07) is 4.96. The van der Waals surface area contributed by atoms with Gasteiger partial charge in [0.2, 0.25) is 5.75 Å². The maximum Gasteiger partial charge on any atom is 0.315 e. The van der Waals surface area contributed by atoms with Crippen molar-refractivity contribution in [1.82, 2.24) is 0 Å². The summed E-state index contributed by atoms with van der Waals surface area (Å²) in [5.74, 6) is 0.745. The number of aryl methyl sites for hydroxylation is 2. The van der Waals surface area contributed by atoms with Crippen molar-refractivity contribution in [3.63, 3.8) is 0 Å². The summed E-state index contributed by atoms with van der Waals surface area (Å²) < 4.78 is 5.98. The molecule has 3 aromatic rings. The number of hydrogen-bond acceptors (Lipinski definition) is 6. The molecule has 0 aliphatic heterocycles. The van der Waals surface area contributed by atoms with Crippen LogP contribution in [0.1, 0.15) is 101 Å². The number of benzene rings is 2. The zero-order valence-electron chi connectivity index (χ0n) is 22.2. The molecule has 0 saturated heterocycles. The quantitative estimate of drug-likeness (QED) is 0.224. The Balaban J connectivity index is 1.86. The van der Waals surface area contributed by atoms with E-state index < -0.39 is 16.4 Å². The van der Waals surface area contributed by atoms with Crippen LogP contribution in [0.5, 0.6) is 11.5 Å². The van der Waals surface area contributed by atoms with Gasteiger partial charge in [0, 0.05) is 23.6 Å². The van der Waals surface area contributed by atoms with E-state index in [0.29, 0.717) is 22.3 Å². The molecule has 0 spiro atoms. The molecule has 1 aromatic heterocycles. The summed E-state index contributed by atoms with van der Waals surface area (Å²) in [5.41, 5.74) is 3.41. The predicted molar refractivity (Wildman–Crippen MR) is 143 cm³/mol. The van der Waals surface area contributed by atoms with E-state index in [9.17, 15) is 20.3 Å². The van der Waals surface area contributed by atoms with E-state index in [0.717, 1.165) is 53.7 Å². The van der Waals surface area contributed by atoms with Crippen LogP contribution in [0, 0.1) is 10.1 Å². The SMILES string of the molecule is CC(N=Cc1c(O)c([N+](=O)[O-])cc2oc3c(c12)CCCC3)c1cc(C(C)(C)C)c(O)c(C(C)(C)C)c1. The molecule has 2 aromatic carbocycles. The van der Waals surface area contributed by atoms with E-state index in [1.165, 1.54) is 6.07 Å². The lowest BCUT2D eigenvalue weighted by molar-refractivity contribution is -0.385. The van der Waals surface area contributed by atoms with Gasteiger partial charge in [-0.05, 0) is 65.8 Å². The van der Waals surface area contributed by atoms with Crippen LogP contribution in [-0.4, -0.2) is 21.4 Å². The lowest BCUT2D eigenvalue weighted by atomic mass is 9.78. The number of phenols is 2. The van der Waals surface area contributed by atoms with E-state index in [2.05, 4.69) is 41.5 Å². The Bertz CT molecular complexity index is 1330. The van der Waals surface area contributed by atoms with Crippen molar-refractivity contribution in [2.45, 2.75) is 91.0 Å². The summed E-state index contributed by atoms with van der Waals surface area (Å²) in [6.45, 7) is 14.3. The number of aromatic hydroxyl groups is 2. The zero-order chi connectivity index (χ0) is 26.6. The molecule has 1 unspecified atom stereocenters. The minimum absolute atomic E-state index is 0.274. The Kier molecular flexibility index (Phi) is 6.40. The number of furan rings is 1. The normalized spacial score (nSPS) is 15.4. The smallest absolute Gasteiger partial charge is 0.315 e. The van der Waals surface area contributed by atoms with Gasteiger partial charge in [0.15, 0.2) is 0 Å². The molecular formula is C29H36N2O5. The third kappa shape index (κ3) is 4.59. The molecule has 36 heavy (non-hydrogen) atoms. The van der Waals surface area contributed by atoms with Crippen LogP contribution in [0.3, 0.4) is 0 Å². The Morgan fingerprint density at radius 1 is 1.00 bits per heavy atom. The minimum atomic E-state index is -0.595. The van der Waals surface area contributed by atoms with Crippen molar-refractivity contribution < 1.29 is 19.6 Å². The van der Waals surface area contributed by atoms with Gasteiger partial charge >= 0.3 is 5.69 Å². The van der Waals surface area contributed by atoms with Crippen molar-refractivity contribution in [2.24, 2.45) is 4.99 Å². The fourth-order valence-corrected chi connectivity index (χ4v) is 5.01. The standard InChI is InChI=1S/C29H36N2O5/c1-16(17-12-20(28(2,3)4)27(33)21(13-17)29(5,6)7)30-15-19-25-18-10-8-9-11-23(18)36-24(25)14-22(26(19)32)31(34)35/h12-16,32-33H,8-11H2,1-7H3. The lowest BCUT2D eigenvalue weighted by Gasteiger charge is -2.29. The number of rotatable bonds is 4. The highest BCUT2D eigenvalue weighted by molar-refractivity contribution is 6.05. The lowest BCUT2D eigenvalue weighted by Crippen LogP contribution is -2.18. The van der Waals surface area contributed by atoms with Gasteiger partial charge in [0.05, 0.1) is 22.6 Å². The van der Waals surface area contributed by atoms with Crippen molar-refractivity contribution in [1.29, 1.82) is 0 Å². The van der Waals surface area contributed by atoms with Gasteiger partial charge in [-0.3, -0.25) is 15.1 Å². The number of nitro groups is 1. The van der Waals surface area contributed by atoms with Crippen LogP contribution < -0.4 is 0 Å². The Hall–Kier alpha value is -3.35. The topological polar surface area (TPSA) is 109 Å². The van der Waals surface area contributed by atoms with E-state index in [4.69, 9.17) is 9.41 Å². The molecule has 2 N–H and O–H groups in total. The Morgan fingerprint density at radius 3 is 2.14 bits per heavy atom. The van der Waals surface area contributed by atoms with Crippen LogP contribution in [-0.2, 0) is 23.7 Å². The summed E-state index contributed by atoms with van der Waals surface area (Å²) in [6.07, 6.45) is 5.14. The van der Waals surface area contributed by atoms with Crippen LogP contribution in [0.25, 0.3) is 11.0 Å². The zero-order valence-corrected chi connectivity index (χ0v) is 22.2. The first-order valence-corrected chi connectivity index (χ1v) is 12.6. The molecule has 1 heterocycles. The highest BCUT2D eigenvalue weighted by Gasteiger charge is 2.29. The average molecular weight is 493 g/mol. The van der Waals surface area contributed by atoms with Gasteiger partial charge in [0.25, 0.3) is 0 Å². The molecular weight excluding hydrogens is 456 g/mol. The van der Waals surface area contributed by atoms with Gasteiger partial charge in [-0.15, -0.1) is 0 Å². The second kappa shape index (κ2) is 8.95. The fourth-order valence-electron chi connectivity index (χ4n) is 5.01. The van der Waals surface area contributed by atoms with Crippen LogP contribution >= 0.6 is 0 Å². The molecule has 7 nitrogen and oxygen atoms in total. The Labute approximate surface area is 212 Å². The first kappa shape index (κ1) is 25.7. The molecule has 0 bridgehead atoms. The van der Waals surface area contributed by atoms with Gasteiger partial charge in [-0.2, -0.15) is 0 Å². The summed E-state index contributed by atoms with van der Waals surface area (Å²) in [7, 11) is 0. The maximum absolute atomic E-state index is 11.7. The van der Waals surface area contributed by atoms with Crippen LogP contribution in [0.2, 0.25) is 0 Å². The van der Waals surface area contributed by atoms with Crippen molar-refractivity contribution in [3.8, 4) is 11.5 Å². The van der Waals surface area contributed by atoms with Crippen molar-refractivity contribution in [3.05, 3.63) is 61.9 Å². The number of hydrogen-bond donors (Lipinski definition) is 2. The molecule has 0 amide bonds. The van der Waals surface area contributed by atoms with Crippen molar-refractivity contribution in [2.75, 3.05) is 0 Å². The molecule has 1 aliphatic rings. The van der Waals surface area contributed by atoms with Gasteiger partial charge in [-0.25, -0.2) is 0 Å². The number of fused-ring (bicyclic) bond motifs is 3. The second-order valence-electron chi connectivity index (χ2n) is 11.9. The highest BCUT2D eigenvalue weighted by Crippen LogP contribution is 2.43. The van der Waals surface area contributed by atoms with Gasteiger partial charge in [0.1, 0.15) is 17.1 Å². The van der Waals surface area contributed by atoms with E-state index in [1.54, 1.807) is 6.21 Å². The largest absolute Gasteiger partial charge is 0.507 e. The average Bonchev–Trinajstić information content (AvgIpc) is 3.14. The first-order chi connectivity index (χ1) is 16.7. The number of aliphatic imine (C=N–C) groups is 1. The molecule has 1 atom stereocenters. The molecule has 192 valence electrons. The molecule has 0 saturated carbocycles. The number of nitrogens with zero attached hydrogens (tertiary/aromatic N) is 2. The monoisotopic (exact) mass is 492 g/mol. The van der Waals surface area contributed by atoms with Gasteiger partial charge < -0.3 is 14.6 Å². The maximum atomic E-state index is 11.7. The second-order valence-corrected chi connectivity index (χ2v) is 11.9. The Morgan fingerprint density at radius 2 is 1.58 bits per heavy atom. The van der Waals surface area contributed by atoms with E-state index in [-0.39, 0.29) is 16.9 Å². The molecule has 4 rings (SSSR count). The number of phenolic OH excluding ortho intramolecular Hbond substituents is 2. The summed E-state index contributed by atoms with van der Waals surface area (Å²) in [5, 5.41) is 34.3. The first-order valence-electron chi connectivity index (χ1n) is 12.6. The molecule has 0 radical (unpaired) electrons. The molecule has 7 heteroatoms. The fraction of sp³-hybridized carbons (Fsp3) is 0.483. The van der Waals surface area contributed by atoms with E-state index in [1.807, 2.05) is 19.1 Å². The summed E-state index contributed by atoms with van der Waals surface area (Å²) in [4.78, 5) is 15.8. The third-order valence-electron chi connectivity index (χ3n) is 7.09. The molecule has 1 aliphatic carbocycles. The van der Waals surface area contributed by atoms with Gasteiger partial charge in [-0.1, -0.05) is 41.5 Å². The number of nitro benzene ring substituents is 1. The predicted octanol–water partition coefficient (Wildman–Crippen LogP) is 7.41. The van der Waals surface area contributed by atoms with E-state index >= 15 is 0 Å². The summed E-state index contributed by atoms with van der Waals surface area (Å²) >= 11 is 0. The van der Waals surface area contributed by atoms with Crippen LogP contribution in [0.15, 0.2) is 27.6 Å². The molecule has 0 fully saturated rings.